The molecule has 1 aromatic rings. The molecule has 110 valence electrons. The van der Waals surface area contributed by atoms with Crippen molar-refractivity contribution in [2.24, 2.45) is 0 Å². The van der Waals surface area contributed by atoms with E-state index in [1.165, 1.54) is 50.6 Å². The molecular weight excluding hydrogens is 230 g/mol. The molecule has 0 aromatic heterocycles. The number of nitrogens with zero attached hydrogens (tertiary/aromatic N) is 1. The van der Waals surface area contributed by atoms with Crippen LogP contribution >= 0.6 is 0 Å². The van der Waals surface area contributed by atoms with Gasteiger partial charge in [-0.2, -0.15) is 0 Å². The molecule has 0 aliphatic heterocycles. The first-order chi connectivity index (χ1) is 9.24. The first-order valence-corrected chi connectivity index (χ1v) is 7.97. The Bertz CT molecular complexity index is 268. The van der Waals surface area contributed by atoms with Gasteiger partial charge in [0.2, 0.25) is 0 Å². The Hall–Kier alpha value is -0.820. The van der Waals surface area contributed by atoms with E-state index in [1.54, 1.807) is 0 Å². The summed E-state index contributed by atoms with van der Waals surface area (Å²) in [5.41, 5.74) is 1.42. The summed E-state index contributed by atoms with van der Waals surface area (Å²) >= 11 is 0. The molecule has 1 nitrogen and oxygen atoms in total. The predicted octanol–water partition coefficient (Wildman–Crippen LogP) is 5.51. The molecule has 0 bridgehead atoms. The Morgan fingerprint density at radius 2 is 1.42 bits per heavy atom. The van der Waals surface area contributed by atoms with Gasteiger partial charge >= 0.3 is 0 Å². The zero-order valence-corrected chi connectivity index (χ0v) is 13.5. The van der Waals surface area contributed by atoms with Gasteiger partial charge in [0.05, 0.1) is 0 Å². The molecule has 0 saturated heterocycles. The van der Waals surface area contributed by atoms with Crippen LogP contribution in [0.2, 0.25) is 0 Å². The highest BCUT2D eigenvalue weighted by Gasteiger charge is 1.99. The number of benzene rings is 1. The van der Waals surface area contributed by atoms with Gasteiger partial charge in [-0.25, -0.2) is 0 Å². The van der Waals surface area contributed by atoms with Crippen LogP contribution in [0.5, 0.6) is 0 Å². The molecule has 0 radical (unpaired) electrons. The molecule has 0 N–H and O–H groups in total. The largest absolute Gasteiger partial charge is 0.302 e. The SMILES string of the molecule is CCC.CCCCCCCN(C)Cc1ccccc1. The average Bonchev–Trinajstić information content (AvgIpc) is 2.40. The van der Waals surface area contributed by atoms with Gasteiger partial charge in [-0.05, 0) is 25.6 Å². The van der Waals surface area contributed by atoms with Crippen LogP contribution in [-0.4, -0.2) is 18.5 Å². The molecule has 0 amide bonds. The van der Waals surface area contributed by atoms with Crippen molar-refractivity contribution >= 4 is 0 Å². The van der Waals surface area contributed by atoms with Gasteiger partial charge in [0, 0.05) is 6.54 Å². The molecule has 19 heavy (non-hydrogen) atoms. The van der Waals surface area contributed by atoms with Crippen LogP contribution in [-0.2, 0) is 6.54 Å². The lowest BCUT2D eigenvalue weighted by Crippen LogP contribution is -2.18. The Morgan fingerprint density at radius 3 is 2.00 bits per heavy atom. The van der Waals surface area contributed by atoms with Gasteiger partial charge < -0.3 is 4.90 Å². The van der Waals surface area contributed by atoms with Gasteiger partial charge in [-0.15, -0.1) is 0 Å². The van der Waals surface area contributed by atoms with Crippen LogP contribution in [0.3, 0.4) is 0 Å². The normalized spacial score (nSPS) is 10.2. The quantitative estimate of drug-likeness (QED) is 0.559. The Kier molecular flexibility index (Phi) is 13.0. The fraction of sp³-hybridized carbons (Fsp3) is 0.667. The Balaban J connectivity index is 0.000000982. The van der Waals surface area contributed by atoms with Crippen LogP contribution in [0.25, 0.3) is 0 Å². The van der Waals surface area contributed by atoms with Gasteiger partial charge in [-0.3, -0.25) is 0 Å². The first kappa shape index (κ1) is 18.2. The summed E-state index contributed by atoms with van der Waals surface area (Å²) in [6.45, 7) is 8.81. The van der Waals surface area contributed by atoms with Crippen molar-refractivity contribution in [2.75, 3.05) is 13.6 Å². The van der Waals surface area contributed by atoms with Crippen LogP contribution in [0, 0.1) is 0 Å². The molecule has 0 spiro atoms. The second-order valence-corrected chi connectivity index (χ2v) is 5.34. The van der Waals surface area contributed by atoms with Crippen molar-refractivity contribution in [3.8, 4) is 0 Å². The summed E-state index contributed by atoms with van der Waals surface area (Å²) in [5, 5.41) is 0. The van der Waals surface area contributed by atoms with E-state index in [9.17, 15) is 0 Å². The fourth-order valence-corrected chi connectivity index (χ4v) is 1.96. The van der Waals surface area contributed by atoms with E-state index in [-0.39, 0.29) is 0 Å². The van der Waals surface area contributed by atoms with Crippen LogP contribution in [0.1, 0.15) is 64.9 Å². The molecular formula is C18H33N. The lowest BCUT2D eigenvalue weighted by Gasteiger charge is -2.16. The lowest BCUT2D eigenvalue weighted by atomic mass is 10.1. The minimum absolute atomic E-state index is 1.08. The number of unbranched alkanes of at least 4 members (excludes halogenated alkanes) is 4. The van der Waals surface area contributed by atoms with Gasteiger partial charge in [-0.1, -0.05) is 83.2 Å². The fourth-order valence-electron chi connectivity index (χ4n) is 1.96. The maximum Gasteiger partial charge on any atom is 0.0230 e. The summed E-state index contributed by atoms with van der Waals surface area (Å²) in [6, 6.07) is 10.7. The molecule has 0 fully saturated rings. The highest BCUT2D eigenvalue weighted by molar-refractivity contribution is 5.14. The molecule has 0 heterocycles. The topological polar surface area (TPSA) is 3.24 Å². The summed E-state index contributed by atoms with van der Waals surface area (Å²) in [5.74, 6) is 0. The van der Waals surface area contributed by atoms with E-state index in [0.717, 1.165) is 6.54 Å². The van der Waals surface area contributed by atoms with Crippen molar-refractivity contribution < 1.29 is 0 Å². The monoisotopic (exact) mass is 263 g/mol. The number of hydrogen-bond acceptors (Lipinski definition) is 1. The third kappa shape index (κ3) is 12.0. The first-order valence-electron chi connectivity index (χ1n) is 7.97. The van der Waals surface area contributed by atoms with E-state index in [4.69, 9.17) is 0 Å². The summed E-state index contributed by atoms with van der Waals surface area (Å²) in [7, 11) is 2.22. The third-order valence-corrected chi connectivity index (χ3v) is 2.94. The second-order valence-electron chi connectivity index (χ2n) is 5.34. The molecule has 0 unspecified atom stereocenters. The van der Waals surface area contributed by atoms with Crippen molar-refractivity contribution in [1.82, 2.24) is 4.90 Å². The maximum atomic E-state index is 2.42. The molecule has 0 aliphatic rings. The molecule has 1 rings (SSSR count). The van der Waals surface area contributed by atoms with Crippen molar-refractivity contribution in [3.63, 3.8) is 0 Å². The van der Waals surface area contributed by atoms with Crippen LogP contribution in [0.4, 0.5) is 0 Å². The number of rotatable bonds is 8. The van der Waals surface area contributed by atoms with Crippen molar-refractivity contribution in [2.45, 2.75) is 65.8 Å². The number of hydrogen-bond donors (Lipinski definition) is 0. The molecule has 0 saturated carbocycles. The maximum absolute atomic E-state index is 2.42. The molecule has 0 atom stereocenters. The minimum atomic E-state index is 1.08. The predicted molar refractivity (Wildman–Crippen MR) is 87.5 cm³/mol. The summed E-state index contributed by atoms with van der Waals surface area (Å²) < 4.78 is 0. The van der Waals surface area contributed by atoms with E-state index in [0.29, 0.717) is 0 Å². The molecule has 1 aromatic carbocycles. The summed E-state index contributed by atoms with van der Waals surface area (Å²) in [4.78, 5) is 2.42. The average molecular weight is 263 g/mol. The van der Waals surface area contributed by atoms with Crippen LogP contribution < -0.4 is 0 Å². The van der Waals surface area contributed by atoms with Gasteiger partial charge in [0.1, 0.15) is 0 Å². The van der Waals surface area contributed by atoms with E-state index in [2.05, 4.69) is 63.1 Å². The third-order valence-electron chi connectivity index (χ3n) is 2.94. The smallest absolute Gasteiger partial charge is 0.0230 e. The van der Waals surface area contributed by atoms with Gasteiger partial charge in [0.25, 0.3) is 0 Å². The minimum Gasteiger partial charge on any atom is -0.302 e. The van der Waals surface area contributed by atoms with Crippen LogP contribution in [0.15, 0.2) is 30.3 Å². The Morgan fingerprint density at radius 1 is 0.842 bits per heavy atom. The van der Waals surface area contributed by atoms with E-state index >= 15 is 0 Å². The standard InChI is InChI=1S/C15H25N.C3H8/c1-3-4-5-6-10-13-16(2)14-15-11-8-7-9-12-15;1-3-2/h7-9,11-12H,3-6,10,13-14H2,1-2H3;3H2,1-2H3. The van der Waals surface area contributed by atoms with E-state index in [1.807, 2.05) is 0 Å². The zero-order valence-electron chi connectivity index (χ0n) is 13.5. The Labute approximate surface area is 121 Å². The van der Waals surface area contributed by atoms with E-state index < -0.39 is 0 Å². The zero-order chi connectivity index (χ0) is 14.3. The summed E-state index contributed by atoms with van der Waals surface area (Å²) in [6.07, 6.45) is 8.09. The van der Waals surface area contributed by atoms with Crippen molar-refractivity contribution in [1.29, 1.82) is 0 Å². The second kappa shape index (κ2) is 13.6. The highest BCUT2D eigenvalue weighted by Crippen LogP contribution is 2.06. The molecule has 0 aliphatic carbocycles. The lowest BCUT2D eigenvalue weighted by molar-refractivity contribution is 0.316. The van der Waals surface area contributed by atoms with Gasteiger partial charge in [0.15, 0.2) is 0 Å². The highest BCUT2D eigenvalue weighted by atomic mass is 15.1. The molecule has 1 heteroatoms. The van der Waals surface area contributed by atoms with Crippen molar-refractivity contribution in [3.05, 3.63) is 35.9 Å².